The first kappa shape index (κ1) is 21.0. The SMILES string of the molecule is CCNC(=NCCc1ccc(Br)o1)N1CCOC(C2CCCO2)C1.I. The lowest BCUT2D eigenvalue weighted by Gasteiger charge is -2.37. The van der Waals surface area contributed by atoms with Crippen molar-refractivity contribution >= 4 is 45.9 Å². The molecule has 2 atom stereocenters. The van der Waals surface area contributed by atoms with Crippen LogP contribution < -0.4 is 5.32 Å². The number of rotatable bonds is 5. The van der Waals surface area contributed by atoms with Gasteiger partial charge in [0.05, 0.1) is 12.7 Å². The first-order valence-electron chi connectivity index (χ1n) is 8.77. The molecule has 3 rings (SSSR count). The van der Waals surface area contributed by atoms with E-state index in [4.69, 9.17) is 18.9 Å². The lowest BCUT2D eigenvalue weighted by Crippen LogP contribution is -2.53. The summed E-state index contributed by atoms with van der Waals surface area (Å²) in [6, 6.07) is 3.90. The highest BCUT2D eigenvalue weighted by Gasteiger charge is 2.32. The van der Waals surface area contributed by atoms with Crippen molar-refractivity contribution < 1.29 is 13.9 Å². The van der Waals surface area contributed by atoms with E-state index < -0.39 is 0 Å². The van der Waals surface area contributed by atoms with E-state index in [-0.39, 0.29) is 36.2 Å². The van der Waals surface area contributed by atoms with Crippen molar-refractivity contribution in [1.82, 2.24) is 10.2 Å². The summed E-state index contributed by atoms with van der Waals surface area (Å²) in [4.78, 5) is 7.05. The normalized spacial score (nSPS) is 24.2. The molecule has 3 heterocycles. The number of halogens is 2. The number of guanidine groups is 1. The molecule has 0 spiro atoms. The molecule has 0 aromatic carbocycles. The van der Waals surface area contributed by atoms with Gasteiger partial charge in [-0.1, -0.05) is 0 Å². The Hall–Kier alpha value is -0.320. The van der Waals surface area contributed by atoms with Gasteiger partial charge in [0.1, 0.15) is 11.9 Å². The molecule has 2 aliphatic heterocycles. The predicted octanol–water partition coefficient (Wildman–Crippen LogP) is 3.05. The van der Waals surface area contributed by atoms with Crippen molar-refractivity contribution in [1.29, 1.82) is 0 Å². The Labute approximate surface area is 174 Å². The number of ether oxygens (including phenoxy) is 2. The molecule has 2 aliphatic rings. The molecule has 0 radical (unpaired) electrons. The molecule has 1 aromatic rings. The summed E-state index contributed by atoms with van der Waals surface area (Å²) in [5.74, 6) is 1.90. The van der Waals surface area contributed by atoms with E-state index in [1.54, 1.807) is 0 Å². The molecule has 0 saturated carbocycles. The number of hydrogen-bond donors (Lipinski definition) is 1. The first-order valence-corrected chi connectivity index (χ1v) is 9.56. The number of furan rings is 1. The lowest BCUT2D eigenvalue weighted by atomic mass is 10.1. The van der Waals surface area contributed by atoms with Crippen molar-refractivity contribution in [2.45, 2.75) is 38.4 Å². The van der Waals surface area contributed by atoms with Crippen LogP contribution in [0.25, 0.3) is 0 Å². The summed E-state index contributed by atoms with van der Waals surface area (Å²) in [7, 11) is 0. The molecule has 1 N–H and O–H groups in total. The Balaban J connectivity index is 0.00000225. The second kappa shape index (κ2) is 10.7. The fourth-order valence-corrected chi connectivity index (χ4v) is 3.51. The van der Waals surface area contributed by atoms with Gasteiger partial charge < -0.3 is 24.1 Å². The van der Waals surface area contributed by atoms with E-state index in [9.17, 15) is 0 Å². The minimum atomic E-state index is 0. The lowest BCUT2D eigenvalue weighted by molar-refractivity contribution is -0.0817. The minimum absolute atomic E-state index is 0. The third kappa shape index (κ3) is 6.11. The highest BCUT2D eigenvalue weighted by atomic mass is 127. The third-order valence-electron chi connectivity index (χ3n) is 4.36. The summed E-state index contributed by atoms with van der Waals surface area (Å²) in [5.41, 5.74) is 0. The largest absolute Gasteiger partial charge is 0.454 e. The molecule has 1 aromatic heterocycles. The molecule has 0 amide bonds. The van der Waals surface area contributed by atoms with Gasteiger partial charge in [-0.3, -0.25) is 4.99 Å². The Morgan fingerprint density at radius 2 is 2.16 bits per heavy atom. The molecular formula is C17H27BrIN3O3. The van der Waals surface area contributed by atoms with Crippen molar-refractivity contribution in [2.75, 3.05) is 39.4 Å². The minimum Gasteiger partial charge on any atom is -0.454 e. The molecule has 0 aliphatic carbocycles. The van der Waals surface area contributed by atoms with Crippen LogP contribution in [0.2, 0.25) is 0 Å². The van der Waals surface area contributed by atoms with Crippen molar-refractivity contribution in [3.8, 4) is 0 Å². The molecule has 6 nitrogen and oxygen atoms in total. The average molecular weight is 528 g/mol. The van der Waals surface area contributed by atoms with E-state index in [2.05, 4.69) is 33.1 Å². The molecule has 142 valence electrons. The molecular weight excluding hydrogens is 501 g/mol. The Bertz CT molecular complexity index is 549. The van der Waals surface area contributed by atoms with Gasteiger partial charge in [-0.05, 0) is 47.8 Å². The smallest absolute Gasteiger partial charge is 0.194 e. The van der Waals surface area contributed by atoms with Gasteiger partial charge in [0.25, 0.3) is 0 Å². The van der Waals surface area contributed by atoms with Crippen LogP contribution in [0.4, 0.5) is 0 Å². The Morgan fingerprint density at radius 1 is 1.32 bits per heavy atom. The third-order valence-corrected chi connectivity index (χ3v) is 4.78. The monoisotopic (exact) mass is 527 g/mol. The van der Waals surface area contributed by atoms with Gasteiger partial charge in [-0.25, -0.2) is 0 Å². The van der Waals surface area contributed by atoms with Gasteiger partial charge in [-0.2, -0.15) is 0 Å². The number of morpholine rings is 1. The molecule has 2 unspecified atom stereocenters. The van der Waals surface area contributed by atoms with E-state index in [1.165, 1.54) is 0 Å². The number of hydrogen-bond acceptors (Lipinski definition) is 4. The van der Waals surface area contributed by atoms with Crippen molar-refractivity contribution in [3.05, 3.63) is 22.6 Å². The quantitative estimate of drug-likeness (QED) is 0.362. The topological polar surface area (TPSA) is 59.2 Å². The zero-order valence-electron chi connectivity index (χ0n) is 14.6. The summed E-state index contributed by atoms with van der Waals surface area (Å²) < 4.78 is 18.0. The molecule has 2 saturated heterocycles. The fraction of sp³-hybridized carbons (Fsp3) is 0.706. The van der Waals surface area contributed by atoms with Crippen LogP contribution in [0, 0.1) is 0 Å². The fourth-order valence-electron chi connectivity index (χ4n) is 3.17. The molecule has 0 bridgehead atoms. The van der Waals surface area contributed by atoms with Crippen molar-refractivity contribution in [2.24, 2.45) is 4.99 Å². The van der Waals surface area contributed by atoms with Crippen LogP contribution in [-0.4, -0.2) is 62.5 Å². The summed E-state index contributed by atoms with van der Waals surface area (Å²) >= 11 is 3.33. The second-order valence-corrected chi connectivity index (χ2v) is 6.88. The average Bonchev–Trinajstić information content (AvgIpc) is 3.26. The van der Waals surface area contributed by atoms with Gasteiger partial charge in [0.15, 0.2) is 10.6 Å². The van der Waals surface area contributed by atoms with Crippen LogP contribution >= 0.6 is 39.9 Å². The van der Waals surface area contributed by atoms with Crippen molar-refractivity contribution in [3.63, 3.8) is 0 Å². The van der Waals surface area contributed by atoms with Crippen LogP contribution in [0.15, 0.2) is 26.2 Å². The van der Waals surface area contributed by atoms with Crippen LogP contribution in [-0.2, 0) is 15.9 Å². The predicted molar refractivity (Wildman–Crippen MR) is 112 cm³/mol. The van der Waals surface area contributed by atoms with Crippen LogP contribution in [0.3, 0.4) is 0 Å². The Kier molecular flexibility index (Phi) is 9.01. The van der Waals surface area contributed by atoms with Crippen LogP contribution in [0.5, 0.6) is 0 Å². The zero-order valence-corrected chi connectivity index (χ0v) is 18.5. The first-order chi connectivity index (χ1) is 11.8. The summed E-state index contributed by atoms with van der Waals surface area (Å²) in [6.07, 6.45) is 3.40. The Morgan fingerprint density at radius 3 is 2.84 bits per heavy atom. The molecule has 25 heavy (non-hydrogen) atoms. The summed E-state index contributed by atoms with van der Waals surface area (Å²) in [6.45, 7) is 6.93. The van der Waals surface area contributed by atoms with Gasteiger partial charge in [0, 0.05) is 39.2 Å². The van der Waals surface area contributed by atoms with E-state index >= 15 is 0 Å². The number of aliphatic imine (C=N–C) groups is 1. The van der Waals surface area contributed by atoms with E-state index in [1.807, 2.05) is 12.1 Å². The molecule has 8 heteroatoms. The standard InChI is InChI=1S/C17H26BrN3O3.HI/c1-2-19-17(20-8-7-13-5-6-16(18)24-13)21-9-11-23-15(12-21)14-4-3-10-22-14;/h5-6,14-15H,2-4,7-12H2,1H3,(H,19,20);1H. The highest BCUT2D eigenvalue weighted by molar-refractivity contribution is 14.0. The zero-order chi connectivity index (χ0) is 16.8. The highest BCUT2D eigenvalue weighted by Crippen LogP contribution is 2.21. The van der Waals surface area contributed by atoms with E-state index in [0.29, 0.717) is 6.54 Å². The maximum Gasteiger partial charge on any atom is 0.194 e. The molecule has 2 fully saturated rings. The summed E-state index contributed by atoms with van der Waals surface area (Å²) in [5, 5.41) is 3.39. The van der Waals surface area contributed by atoms with Gasteiger partial charge >= 0.3 is 0 Å². The maximum absolute atomic E-state index is 5.93. The number of nitrogens with zero attached hydrogens (tertiary/aromatic N) is 2. The maximum atomic E-state index is 5.93. The van der Waals surface area contributed by atoms with Gasteiger partial charge in [0.2, 0.25) is 0 Å². The number of nitrogens with one attached hydrogen (secondary N) is 1. The van der Waals surface area contributed by atoms with Crippen LogP contribution in [0.1, 0.15) is 25.5 Å². The second-order valence-electron chi connectivity index (χ2n) is 6.10. The van der Waals surface area contributed by atoms with Gasteiger partial charge in [-0.15, -0.1) is 24.0 Å². The van der Waals surface area contributed by atoms with E-state index in [0.717, 1.165) is 68.5 Å².